The fraction of sp³-hybridized carbons (Fsp3) is 0.200. The molecule has 0 fully saturated rings. The maximum absolute atomic E-state index is 14.2. The molecule has 140 valence electrons. The second-order valence-electron chi connectivity index (χ2n) is 5.78. The Labute approximate surface area is 159 Å². The van der Waals surface area contributed by atoms with Gasteiger partial charge in [0.25, 0.3) is 5.91 Å². The van der Waals surface area contributed by atoms with Crippen LogP contribution in [0.2, 0.25) is 0 Å². The molecule has 1 amide bonds. The third-order valence-corrected chi connectivity index (χ3v) is 5.09. The summed E-state index contributed by atoms with van der Waals surface area (Å²) in [5.74, 6) is -1.41. The Balaban J connectivity index is 1.66. The van der Waals surface area contributed by atoms with Crippen LogP contribution in [0.15, 0.2) is 48.5 Å². The Bertz CT molecular complexity index is 955. The summed E-state index contributed by atoms with van der Waals surface area (Å²) in [5.41, 5.74) is 1.34. The zero-order valence-electron chi connectivity index (χ0n) is 14.7. The van der Waals surface area contributed by atoms with E-state index in [0.29, 0.717) is 20.5 Å². The maximum Gasteiger partial charge on any atom is 0.325 e. The number of nitrogens with one attached hydrogen (secondary N) is 1. The molecule has 0 unspecified atom stereocenters. The summed E-state index contributed by atoms with van der Waals surface area (Å²) in [6, 6.07) is 13.9. The monoisotopic (exact) mass is 387 g/mol. The molecule has 0 aliphatic heterocycles. The Kier molecular flexibility index (Phi) is 6.16. The number of ether oxygens (including phenoxy) is 2. The Hall–Kier alpha value is -2.77. The minimum atomic E-state index is -0.548. The van der Waals surface area contributed by atoms with E-state index in [1.807, 2.05) is 30.3 Å². The van der Waals surface area contributed by atoms with E-state index in [4.69, 9.17) is 9.47 Å². The number of hydrogen-bond donors (Lipinski definition) is 1. The fourth-order valence-corrected chi connectivity index (χ4v) is 3.79. The van der Waals surface area contributed by atoms with Gasteiger partial charge in [-0.05, 0) is 17.7 Å². The minimum Gasteiger partial charge on any atom is -0.460 e. The molecule has 27 heavy (non-hydrogen) atoms. The van der Waals surface area contributed by atoms with E-state index < -0.39 is 17.7 Å². The molecule has 0 spiro atoms. The molecule has 3 rings (SSSR count). The average molecular weight is 387 g/mol. The normalized spacial score (nSPS) is 10.7. The topological polar surface area (TPSA) is 64.6 Å². The smallest absolute Gasteiger partial charge is 0.325 e. The second-order valence-corrected chi connectivity index (χ2v) is 6.84. The number of amides is 1. The standard InChI is InChI=1S/C20H18FNO4S/c1-25-12-14-18-15(21)8-5-9-16(18)27-19(14)20(24)22-10-17(23)26-11-13-6-3-2-4-7-13/h2-9H,10-12H2,1H3,(H,22,24). The molecule has 1 aromatic heterocycles. The third kappa shape index (κ3) is 4.50. The highest BCUT2D eigenvalue weighted by molar-refractivity contribution is 7.21. The second kappa shape index (κ2) is 8.75. The largest absolute Gasteiger partial charge is 0.460 e. The van der Waals surface area contributed by atoms with Gasteiger partial charge < -0.3 is 14.8 Å². The highest BCUT2D eigenvalue weighted by Crippen LogP contribution is 2.33. The lowest BCUT2D eigenvalue weighted by molar-refractivity contribution is -0.143. The first kappa shape index (κ1) is 19.0. The summed E-state index contributed by atoms with van der Waals surface area (Å²) in [7, 11) is 1.48. The van der Waals surface area contributed by atoms with Gasteiger partial charge in [-0.15, -0.1) is 11.3 Å². The number of carbonyl (C=O) groups excluding carboxylic acids is 2. The SMILES string of the molecule is COCc1c(C(=O)NCC(=O)OCc2ccccc2)sc2cccc(F)c12. The quantitative estimate of drug-likeness (QED) is 0.629. The molecule has 5 nitrogen and oxygen atoms in total. The van der Waals surface area contributed by atoms with Crippen molar-refractivity contribution in [1.29, 1.82) is 0 Å². The summed E-state index contributed by atoms with van der Waals surface area (Å²) in [6.45, 7) is -0.0322. The van der Waals surface area contributed by atoms with Crippen LogP contribution in [0.25, 0.3) is 10.1 Å². The molecule has 0 saturated carbocycles. The van der Waals surface area contributed by atoms with Gasteiger partial charge in [0.1, 0.15) is 19.0 Å². The molecule has 0 bridgehead atoms. The number of hydrogen-bond acceptors (Lipinski definition) is 5. The van der Waals surface area contributed by atoms with Crippen LogP contribution >= 0.6 is 11.3 Å². The lowest BCUT2D eigenvalue weighted by atomic mass is 10.1. The number of esters is 1. The van der Waals surface area contributed by atoms with Gasteiger partial charge in [-0.3, -0.25) is 9.59 Å². The Morgan fingerprint density at radius 3 is 2.59 bits per heavy atom. The van der Waals surface area contributed by atoms with Crippen molar-refractivity contribution in [2.45, 2.75) is 13.2 Å². The fourth-order valence-electron chi connectivity index (χ4n) is 2.65. The Morgan fingerprint density at radius 1 is 1.07 bits per heavy atom. The van der Waals surface area contributed by atoms with Gasteiger partial charge in [0.15, 0.2) is 0 Å². The van der Waals surface area contributed by atoms with Gasteiger partial charge in [-0.25, -0.2) is 4.39 Å². The number of thiophene rings is 1. The van der Waals surface area contributed by atoms with E-state index >= 15 is 0 Å². The van der Waals surface area contributed by atoms with Crippen molar-refractivity contribution in [3.63, 3.8) is 0 Å². The number of fused-ring (bicyclic) bond motifs is 1. The van der Waals surface area contributed by atoms with Crippen molar-refractivity contribution in [3.05, 3.63) is 70.4 Å². The van der Waals surface area contributed by atoms with Crippen molar-refractivity contribution in [3.8, 4) is 0 Å². The average Bonchev–Trinajstić information content (AvgIpc) is 3.05. The molecule has 0 saturated heterocycles. The van der Waals surface area contributed by atoms with E-state index in [1.54, 1.807) is 12.1 Å². The van der Waals surface area contributed by atoms with Gasteiger partial charge in [0.2, 0.25) is 0 Å². The van der Waals surface area contributed by atoms with E-state index in [9.17, 15) is 14.0 Å². The van der Waals surface area contributed by atoms with E-state index in [2.05, 4.69) is 5.32 Å². The maximum atomic E-state index is 14.2. The number of halogens is 1. The van der Waals surface area contributed by atoms with Gasteiger partial charge >= 0.3 is 5.97 Å². The van der Waals surface area contributed by atoms with Crippen molar-refractivity contribution < 1.29 is 23.5 Å². The van der Waals surface area contributed by atoms with Crippen LogP contribution in [-0.2, 0) is 27.5 Å². The summed E-state index contributed by atoms with van der Waals surface area (Å²) in [4.78, 5) is 24.7. The molecule has 0 atom stereocenters. The van der Waals surface area contributed by atoms with E-state index in [-0.39, 0.29) is 19.8 Å². The van der Waals surface area contributed by atoms with Gasteiger partial charge in [-0.2, -0.15) is 0 Å². The van der Waals surface area contributed by atoms with Crippen molar-refractivity contribution in [2.24, 2.45) is 0 Å². The first-order chi connectivity index (χ1) is 13.1. The predicted octanol–water partition coefficient (Wildman–Crippen LogP) is 3.66. The molecular weight excluding hydrogens is 369 g/mol. The first-order valence-electron chi connectivity index (χ1n) is 8.26. The van der Waals surface area contributed by atoms with Crippen LogP contribution in [0, 0.1) is 5.82 Å². The molecule has 1 heterocycles. The summed E-state index contributed by atoms with van der Waals surface area (Å²) in [5, 5.41) is 2.91. The minimum absolute atomic E-state index is 0.0993. The van der Waals surface area contributed by atoms with Gasteiger partial charge in [-0.1, -0.05) is 36.4 Å². The number of methoxy groups -OCH3 is 1. The van der Waals surface area contributed by atoms with Crippen LogP contribution in [0.5, 0.6) is 0 Å². The zero-order chi connectivity index (χ0) is 19.2. The number of benzene rings is 2. The summed E-state index contributed by atoms with van der Waals surface area (Å²) < 4.78 is 25.1. The lowest BCUT2D eigenvalue weighted by Gasteiger charge is -2.07. The molecule has 2 aromatic carbocycles. The molecule has 7 heteroatoms. The van der Waals surface area contributed by atoms with Crippen LogP contribution in [0.1, 0.15) is 20.8 Å². The van der Waals surface area contributed by atoms with Gasteiger partial charge in [0.05, 0.1) is 11.5 Å². The number of rotatable bonds is 7. The first-order valence-corrected chi connectivity index (χ1v) is 9.08. The van der Waals surface area contributed by atoms with Crippen molar-refractivity contribution in [2.75, 3.05) is 13.7 Å². The summed E-state index contributed by atoms with van der Waals surface area (Å²) in [6.07, 6.45) is 0. The van der Waals surface area contributed by atoms with Crippen LogP contribution in [-0.4, -0.2) is 25.5 Å². The Morgan fingerprint density at radius 2 is 1.85 bits per heavy atom. The molecule has 0 aliphatic rings. The van der Waals surface area contributed by atoms with Crippen LogP contribution < -0.4 is 5.32 Å². The third-order valence-electron chi connectivity index (χ3n) is 3.89. The van der Waals surface area contributed by atoms with Crippen molar-refractivity contribution in [1.82, 2.24) is 5.32 Å². The van der Waals surface area contributed by atoms with Crippen LogP contribution in [0.4, 0.5) is 4.39 Å². The van der Waals surface area contributed by atoms with Crippen molar-refractivity contribution >= 4 is 33.3 Å². The summed E-state index contributed by atoms with van der Waals surface area (Å²) >= 11 is 1.16. The molecule has 0 radical (unpaired) electrons. The van der Waals surface area contributed by atoms with Gasteiger partial charge in [0, 0.05) is 22.8 Å². The molecular formula is C20H18FNO4S. The molecule has 0 aliphatic carbocycles. The highest BCUT2D eigenvalue weighted by atomic mass is 32.1. The lowest BCUT2D eigenvalue weighted by Crippen LogP contribution is -2.30. The van der Waals surface area contributed by atoms with E-state index in [1.165, 1.54) is 13.2 Å². The van der Waals surface area contributed by atoms with E-state index in [0.717, 1.165) is 16.9 Å². The van der Waals surface area contributed by atoms with Crippen LogP contribution in [0.3, 0.4) is 0 Å². The predicted molar refractivity (Wildman–Crippen MR) is 101 cm³/mol. The highest BCUT2D eigenvalue weighted by Gasteiger charge is 2.21. The zero-order valence-corrected chi connectivity index (χ0v) is 15.5. The molecule has 1 N–H and O–H groups in total. The number of carbonyl (C=O) groups is 2. The molecule has 3 aromatic rings.